The first-order valence-electron chi connectivity index (χ1n) is 9.02. The highest BCUT2D eigenvalue weighted by Crippen LogP contribution is 2.30. The van der Waals surface area contributed by atoms with Crippen LogP contribution in [0.1, 0.15) is 0 Å². The van der Waals surface area contributed by atoms with Gasteiger partial charge in [0.15, 0.2) is 0 Å². The monoisotopic (exact) mass is 430 g/mol. The van der Waals surface area contributed by atoms with Gasteiger partial charge in [-0.15, -0.1) is 0 Å². The fraction of sp³-hybridized carbons (Fsp3) is 0.238. The molecule has 2 aromatic rings. The van der Waals surface area contributed by atoms with E-state index in [0.717, 1.165) is 24.5 Å². The largest absolute Gasteiger partial charge is 0.495 e. The Hall–Kier alpha value is -2.88. The van der Waals surface area contributed by atoms with Crippen molar-refractivity contribution in [3.63, 3.8) is 0 Å². The maximum atomic E-state index is 12.5. The Balaban J connectivity index is 1.65. The number of nitrogens with one attached hydrogen (secondary N) is 1. The lowest BCUT2D eigenvalue weighted by atomic mass is 10.2. The molecule has 1 saturated heterocycles. The third kappa shape index (κ3) is 4.94. The number of carbonyl (C=O) groups excluding carboxylic acids is 1. The molecule has 2 aromatic carbocycles. The summed E-state index contributed by atoms with van der Waals surface area (Å²) in [6.45, 7) is 2.84. The molecule has 0 saturated carbocycles. The normalized spacial score (nSPS) is 14.3. The molecule has 1 aliphatic rings. The number of methoxy groups -OCH3 is 1. The molecule has 29 heavy (non-hydrogen) atoms. The number of anilines is 2. The van der Waals surface area contributed by atoms with Crippen LogP contribution < -0.4 is 15.0 Å². The molecule has 1 fully saturated rings. The first-order chi connectivity index (χ1) is 14.0. The summed E-state index contributed by atoms with van der Waals surface area (Å²) in [4.78, 5) is 16.7. The first-order valence-corrected chi connectivity index (χ1v) is 9.78. The number of para-hydroxylation sites is 2. The molecule has 1 amide bonds. The third-order valence-electron chi connectivity index (χ3n) is 4.62. The van der Waals surface area contributed by atoms with Gasteiger partial charge in [-0.3, -0.25) is 4.79 Å². The molecule has 6 nitrogen and oxygen atoms in total. The topological polar surface area (TPSA) is 68.6 Å². The third-order valence-corrected chi connectivity index (χ3v) is 5.44. The van der Waals surface area contributed by atoms with Crippen LogP contribution in [0.5, 0.6) is 5.75 Å². The molecule has 0 radical (unpaired) electrons. The van der Waals surface area contributed by atoms with Crippen molar-refractivity contribution < 1.29 is 9.53 Å². The molecule has 0 atom stereocenters. The van der Waals surface area contributed by atoms with Gasteiger partial charge in [-0.2, -0.15) is 5.26 Å². The maximum Gasteiger partial charge on any atom is 0.267 e. The number of nitriles is 1. The quantitative estimate of drug-likeness (QED) is 0.569. The van der Waals surface area contributed by atoms with E-state index in [2.05, 4.69) is 10.2 Å². The van der Waals surface area contributed by atoms with Crippen molar-refractivity contribution in [3.8, 4) is 11.8 Å². The average Bonchev–Trinajstić information content (AvgIpc) is 2.75. The summed E-state index contributed by atoms with van der Waals surface area (Å²) < 4.78 is 5.43. The number of amides is 1. The lowest BCUT2D eigenvalue weighted by Gasteiger charge is -2.36. The minimum atomic E-state index is -0.524. The molecule has 0 aliphatic carbocycles. The number of halogens is 2. The Kier molecular flexibility index (Phi) is 6.86. The summed E-state index contributed by atoms with van der Waals surface area (Å²) in [6.07, 6.45) is 1.59. The van der Waals surface area contributed by atoms with E-state index in [1.54, 1.807) is 31.5 Å². The summed E-state index contributed by atoms with van der Waals surface area (Å²) in [6, 6.07) is 14.8. The predicted octanol–water partition coefficient (Wildman–Crippen LogP) is 4.17. The van der Waals surface area contributed by atoms with E-state index in [1.165, 1.54) is 0 Å². The molecule has 1 heterocycles. The molecule has 150 valence electrons. The summed E-state index contributed by atoms with van der Waals surface area (Å²) in [5, 5.41) is 12.7. The Labute approximate surface area is 179 Å². The lowest BCUT2D eigenvalue weighted by Crippen LogP contribution is -2.44. The first kappa shape index (κ1) is 20.8. The Morgan fingerprint density at radius 1 is 1.14 bits per heavy atom. The molecule has 0 unspecified atom stereocenters. The Bertz CT molecular complexity index is 963. The lowest BCUT2D eigenvalue weighted by molar-refractivity contribution is -0.112. The van der Waals surface area contributed by atoms with E-state index in [9.17, 15) is 10.1 Å². The summed E-state index contributed by atoms with van der Waals surface area (Å²) in [5.74, 6) is 0.302. The van der Waals surface area contributed by atoms with E-state index in [1.807, 2.05) is 35.2 Å². The van der Waals surface area contributed by atoms with Gasteiger partial charge in [0.05, 0.1) is 28.5 Å². The number of hydrogen-bond acceptors (Lipinski definition) is 5. The molecule has 3 rings (SSSR count). The maximum absolute atomic E-state index is 12.5. The van der Waals surface area contributed by atoms with Crippen molar-refractivity contribution in [3.05, 3.63) is 64.3 Å². The van der Waals surface area contributed by atoms with Crippen LogP contribution in [-0.2, 0) is 4.79 Å². The van der Waals surface area contributed by atoms with E-state index < -0.39 is 5.91 Å². The second-order valence-corrected chi connectivity index (χ2v) is 7.19. The van der Waals surface area contributed by atoms with E-state index >= 15 is 0 Å². The summed E-state index contributed by atoms with van der Waals surface area (Å²) in [5.41, 5.74) is 1.41. The second-order valence-electron chi connectivity index (χ2n) is 6.40. The van der Waals surface area contributed by atoms with Crippen LogP contribution in [0.4, 0.5) is 11.4 Å². The molecule has 1 N–H and O–H groups in total. The van der Waals surface area contributed by atoms with Crippen molar-refractivity contribution in [1.29, 1.82) is 5.26 Å². The van der Waals surface area contributed by atoms with Crippen LogP contribution in [0, 0.1) is 11.3 Å². The van der Waals surface area contributed by atoms with E-state index in [4.69, 9.17) is 27.9 Å². The fourth-order valence-corrected chi connectivity index (χ4v) is 3.44. The van der Waals surface area contributed by atoms with E-state index in [0.29, 0.717) is 23.8 Å². The van der Waals surface area contributed by atoms with Gasteiger partial charge in [0, 0.05) is 32.4 Å². The molecule has 8 heteroatoms. The zero-order valence-corrected chi connectivity index (χ0v) is 17.4. The average molecular weight is 431 g/mol. The van der Waals surface area contributed by atoms with Crippen LogP contribution in [0.2, 0.25) is 10.0 Å². The standard InChI is InChI=1S/C21H20Cl2N4O2/c1-29-19-8-3-2-7-18(19)27-11-9-26(10-12-27)14-15(13-24)21(28)25-17-6-4-5-16(22)20(17)23/h2-8,14H,9-12H2,1H3,(H,25,28)/b15-14-. The Morgan fingerprint density at radius 2 is 1.86 bits per heavy atom. The van der Waals surface area contributed by atoms with Crippen molar-refractivity contribution in [1.82, 2.24) is 4.90 Å². The minimum Gasteiger partial charge on any atom is -0.495 e. The summed E-state index contributed by atoms with van der Waals surface area (Å²) in [7, 11) is 1.65. The van der Waals surface area contributed by atoms with Crippen LogP contribution in [-0.4, -0.2) is 44.1 Å². The zero-order chi connectivity index (χ0) is 20.8. The van der Waals surface area contributed by atoms with Gasteiger partial charge < -0.3 is 19.9 Å². The number of rotatable bonds is 5. The van der Waals surface area contributed by atoms with Crippen LogP contribution in [0.25, 0.3) is 0 Å². The van der Waals surface area contributed by atoms with Gasteiger partial charge in [0.2, 0.25) is 0 Å². The molecular weight excluding hydrogens is 411 g/mol. The number of ether oxygens (including phenoxy) is 1. The highest BCUT2D eigenvalue weighted by atomic mass is 35.5. The fourth-order valence-electron chi connectivity index (χ4n) is 3.09. The van der Waals surface area contributed by atoms with Crippen molar-refractivity contribution in [2.24, 2.45) is 0 Å². The molecule has 0 bridgehead atoms. The van der Waals surface area contributed by atoms with Crippen LogP contribution in [0.3, 0.4) is 0 Å². The highest BCUT2D eigenvalue weighted by molar-refractivity contribution is 6.44. The van der Waals surface area contributed by atoms with E-state index in [-0.39, 0.29) is 10.6 Å². The van der Waals surface area contributed by atoms with Gasteiger partial charge in [0.1, 0.15) is 17.4 Å². The smallest absolute Gasteiger partial charge is 0.267 e. The van der Waals surface area contributed by atoms with Gasteiger partial charge in [-0.05, 0) is 24.3 Å². The van der Waals surface area contributed by atoms with Crippen molar-refractivity contribution in [2.45, 2.75) is 0 Å². The SMILES string of the molecule is COc1ccccc1N1CCN(/C=C(/C#N)C(=O)Nc2cccc(Cl)c2Cl)CC1. The van der Waals surface area contributed by atoms with Crippen LogP contribution in [0.15, 0.2) is 54.2 Å². The van der Waals surface area contributed by atoms with Crippen molar-refractivity contribution in [2.75, 3.05) is 43.5 Å². The molecule has 1 aliphatic heterocycles. The molecule has 0 aromatic heterocycles. The highest BCUT2D eigenvalue weighted by Gasteiger charge is 2.20. The van der Waals surface area contributed by atoms with Gasteiger partial charge in [0.25, 0.3) is 5.91 Å². The minimum absolute atomic E-state index is 0.00628. The van der Waals surface area contributed by atoms with Gasteiger partial charge in [-0.25, -0.2) is 0 Å². The van der Waals surface area contributed by atoms with Crippen molar-refractivity contribution >= 4 is 40.5 Å². The Morgan fingerprint density at radius 3 is 2.55 bits per heavy atom. The van der Waals surface area contributed by atoms with Gasteiger partial charge >= 0.3 is 0 Å². The second kappa shape index (κ2) is 9.55. The number of piperazine rings is 1. The van der Waals surface area contributed by atoms with Crippen LogP contribution >= 0.6 is 23.2 Å². The predicted molar refractivity (Wildman–Crippen MR) is 116 cm³/mol. The molecule has 0 spiro atoms. The summed E-state index contributed by atoms with van der Waals surface area (Å²) >= 11 is 12.1. The number of hydrogen-bond donors (Lipinski definition) is 1. The number of nitrogens with zero attached hydrogens (tertiary/aromatic N) is 3. The number of benzene rings is 2. The number of carbonyl (C=O) groups is 1. The van der Waals surface area contributed by atoms with Gasteiger partial charge in [-0.1, -0.05) is 41.4 Å². The molecular formula is C21H20Cl2N4O2. The zero-order valence-electron chi connectivity index (χ0n) is 15.9.